The Hall–Kier alpha value is -1.78. The standard InChI is InChI=1S/C20H25ClN2O2/c1-14-5-8-23(9-6-14)13-15-4-7-22-17(10-15)16-11-18(24-2)20(21)19(12-16)25-3/h4,7,10-12,14H,5-6,8-9,13H2,1-3H3. The van der Waals surface area contributed by atoms with E-state index >= 15 is 0 Å². The molecule has 0 amide bonds. The van der Waals surface area contributed by atoms with Gasteiger partial charge in [-0.25, -0.2) is 0 Å². The minimum atomic E-state index is 0.479. The maximum atomic E-state index is 6.26. The highest BCUT2D eigenvalue weighted by atomic mass is 35.5. The first-order valence-corrected chi connectivity index (χ1v) is 9.07. The second-order valence-electron chi connectivity index (χ2n) is 6.70. The molecule has 0 unspecified atom stereocenters. The van der Waals surface area contributed by atoms with Crippen LogP contribution in [-0.4, -0.2) is 37.2 Å². The Balaban J connectivity index is 1.84. The predicted octanol–water partition coefficient (Wildman–Crippen LogP) is 4.65. The molecule has 0 aliphatic carbocycles. The van der Waals surface area contributed by atoms with Gasteiger partial charge in [0, 0.05) is 18.3 Å². The van der Waals surface area contributed by atoms with Crippen LogP contribution in [0.2, 0.25) is 5.02 Å². The Morgan fingerprint density at radius 1 is 1.12 bits per heavy atom. The third-order valence-electron chi connectivity index (χ3n) is 4.85. The number of halogens is 1. The summed E-state index contributed by atoms with van der Waals surface area (Å²) in [5, 5.41) is 0.479. The molecule has 25 heavy (non-hydrogen) atoms. The fraction of sp³-hybridized carbons (Fsp3) is 0.450. The minimum Gasteiger partial charge on any atom is -0.495 e. The molecule has 0 radical (unpaired) electrons. The van der Waals surface area contributed by atoms with Gasteiger partial charge in [-0.05, 0) is 61.7 Å². The molecular weight excluding hydrogens is 336 g/mol. The van der Waals surface area contributed by atoms with Crippen LogP contribution in [-0.2, 0) is 6.54 Å². The number of methoxy groups -OCH3 is 2. The van der Waals surface area contributed by atoms with E-state index in [0.29, 0.717) is 16.5 Å². The van der Waals surface area contributed by atoms with Gasteiger partial charge in [0.15, 0.2) is 0 Å². The highest BCUT2D eigenvalue weighted by molar-refractivity contribution is 6.33. The van der Waals surface area contributed by atoms with Crippen molar-refractivity contribution in [1.29, 1.82) is 0 Å². The molecule has 3 rings (SSSR count). The van der Waals surface area contributed by atoms with Crippen molar-refractivity contribution in [2.24, 2.45) is 5.92 Å². The topological polar surface area (TPSA) is 34.6 Å². The van der Waals surface area contributed by atoms with Crippen LogP contribution in [0, 0.1) is 5.92 Å². The first-order valence-electron chi connectivity index (χ1n) is 8.70. The molecule has 2 aromatic rings. The van der Waals surface area contributed by atoms with E-state index in [1.54, 1.807) is 14.2 Å². The second kappa shape index (κ2) is 8.07. The van der Waals surface area contributed by atoms with Crippen LogP contribution >= 0.6 is 11.6 Å². The monoisotopic (exact) mass is 360 g/mol. The predicted molar refractivity (Wildman–Crippen MR) is 101 cm³/mol. The van der Waals surface area contributed by atoms with Gasteiger partial charge in [0.25, 0.3) is 0 Å². The van der Waals surface area contributed by atoms with Crippen LogP contribution in [0.1, 0.15) is 25.3 Å². The smallest absolute Gasteiger partial charge is 0.141 e. The van der Waals surface area contributed by atoms with E-state index in [-0.39, 0.29) is 0 Å². The fourth-order valence-corrected chi connectivity index (χ4v) is 3.49. The SMILES string of the molecule is COc1cc(-c2cc(CN3CCC(C)CC3)ccn2)cc(OC)c1Cl. The molecule has 0 bridgehead atoms. The molecule has 1 aromatic carbocycles. The van der Waals surface area contributed by atoms with Gasteiger partial charge in [-0.15, -0.1) is 0 Å². The molecule has 0 atom stereocenters. The Morgan fingerprint density at radius 3 is 2.36 bits per heavy atom. The molecule has 4 nitrogen and oxygen atoms in total. The van der Waals surface area contributed by atoms with E-state index in [2.05, 4.69) is 28.9 Å². The number of rotatable bonds is 5. The van der Waals surface area contributed by atoms with E-state index in [1.807, 2.05) is 18.3 Å². The van der Waals surface area contributed by atoms with Gasteiger partial charge in [-0.1, -0.05) is 18.5 Å². The number of hydrogen-bond donors (Lipinski definition) is 0. The summed E-state index contributed by atoms with van der Waals surface area (Å²) in [7, 11) is 3.21. The quantitative estimate of drug-likeness (QED) is 0.777. The van der Waals surface area contributed by atoms with Gasteiger partial charge in [0.1, 0.15) is 16.5 Å². The summed E-state index contributed by atoms with van der Waals surface area (Å²) in [6, 6.07) is 8.03. The number of pyridine rings is 1. The van der Waals surface area contributed by atoms with Gasteiger partial charge in [-0.3, -0.25) is 9.88 Å². The van der Waals surface area contributed by atoms with Crippen LogP contribution in [0.4, 0.5) is 0 Å². The molecule has 1 aliphatic heterocycles. The summed E-state index contributed by atoms with van der Waals surface area (Å²) in [5.74, 6) is 2.03. The van der Waals surface area contributed by atoms with Crippen LogP contribution < -0.4 is 9.47 Å². The van der Waals surface area contributed by atoms with Crippen molar-refractivity contribution < 1.29 is 9.47 Å². The molecule has 0 spiro atoms. The molecule has 0 N–H and O–H groups in total. The summed E-state index contributed by atoms with van der Waals surface area (Å²) in [5.41, 5.74) is 3.11. The average molecular weight is 361 g/mol. The lowest BCUT2D eigenvalue weighted by molar-refractivity contribution is 0.185. The molecule has 1 fully saturated rings. The third-order valence-corrected chi connectivity index (χ3v) is 5.22. The van der Waals surface area contributed by atoms with E-state index in [4.69, 9.17) is 21.1 Å². The maximum Gasteiger partial charge on any atom is 0.141 e. The second-order valence-corrected chi connectivity index (χ2v) is 7.08. The molecule has 2 heterocycles. The van der Waals surface area contributed by atoms with Crippen molar-refractivity contribution in [3.05, 3.63) is 41.0 Å². The van der Waals surface area contributed by atoms with Crippen LogP contribution in [0.5, 0.6) is 11.5 Å². The lowest BCUT2D eigenvalue weighted by Gasteiger charge is -2.30. The maximum absolute atomic E-state index is 6.26. The molecule has 1 saturated heterocycles. The van der Waals surface area contributed by atoms with E-state index in [1.165, 1.54) is 31.5 Å². The number of nitrogens with zero attached hydrogens (tertiary/aromatic N) is 2. The van der Waals surface area contributed by atoms with E-state index in [0.717, 1.165) is 23.7 Å². The summed E-state index contributed by atoms with van der Waals surface area (Å²) >= 11 is 6.26. The van der Waals surface area contributed by atoms with Gasteiger partial charge in [-0.2, -0.15) is 0 Å². The van der Waals surface area contributed by atoms with E-state index < -0.39 is 0 Å². The summed E-state index contributed by atoms with van der Waals surface area (Å²) in [4.78, 5) is 7.04. The largest absolute Gasteiger partial charge is 0.495 e. The first kappa shape index (κ1) is 18.0. The normalized spacial score (nSPS) is 16.0. The van der Waals surface area contributed by atoms with Crippen molar-refractivity contribution in [2.75, 3.05) is 27.3 Å². The van der Waals surface area contributed by atoms with Crippen molar-refractivity contribution >= 4 is 11.6 Å². The number of likely N-dealkylation sites (tertiary alicyclic amines) is 1. The molecule has 1 aliphatic rings. The number of aromatic nitrogens is 1. The van der Waals surface area contributed by atoms with Gasteiger partial charge in [0.05, 0.1) is 19.9 Å². The minimum absolute atomic E-state index is 0.479. The van der Waals surface area contributed by atoms with Crippen molar-refractivity contribution in [1.82, 2.24) is 9.88 Å². The van der Waals surface area contributed by atoms with Crippen molar-refractivity contribution in [3.8, 4) is 22.8 Å². The fourth-order valence-electron chi connectivity index (χ4n) is 3.23. The lowest BCUT2D eigenvalue weighted by atomic mass is 9.99. The number of ether oxygens (including phenoxy) is 2. The number of hydrogen-bond acceptors (Lipinski definition) is 4. The van der Waals surface area contributed by atoms with Crippen molar-refractivity contribution in [3.63, 3.8) is 0 Å². The summed E-state index contributed by atoms with van der Waals surface area (Å²) in [6.07, 6.45) is 4.43. The summed E-state index contributed by atoms with van der Waals surface area (Å²) in [6.45, 7) is 5.64. The first-order chi connectivity index (χ1) is 12.1. The Labute approximate surface area is 154 Å². The molecule has 134 valence electrons. The van der Waals surface area contributed by atoms with Gasteiger partial charge < -0.3 is 9.47 Å². The zero-order chi connectivity index (χ0) is 17.8. The van der Waals surface area contributed by atoms with Gasteiger partial charge in [0.2, 0.25) is 0 Å². The molecular formula is C20H25ClN2O2. The van der Waals surface area contributed by atoms with Crippen molar-refractivity contribution in [2.45, 2.75) is 26.3 Å². The zero-order valence-electron chi connectivity index (χ0n) is 15.1. The Morgan fingerprint density at radius 2 is 1.76 bits per heavy atom. The average Bonchev–Trinajstić information content (AvgIpc) is 2.64. The number of benzene rings is 1. The molecule has 0 saturated carbocycles. The lowest BCUT2D eigenvalue weighted by Crippen LogP contribution is -2.32. The Kier molecular flexibility index (Phi) is 5.82. The molecule has 5 heteroatoms. The van der Waals surface area contributed by atoms with Crippen LogP contribution in [0.3, 0.4) is 0 Å². The highest BCUT2D eigenvalue weighted by Crippen LogP contribution is 2.38. The van der Waals surface area contributed by atoms with Crippen LogP contribution in [0.15, 0.2) is 30.5 Å². The summed E-state index contributed by atoms with van der Waals surface area (Å²) < 4.78 is 10.7. The third kappa shape index (κ3) is 4.25. The highest BCUT2D eigenvalue weighted by Gasteiger charge is 2.16. The zero-order valence-corrected chi connectivity index (χ0v) is 15.8. The van der Waals surface area contributed by atoms with Gasteiger partial charge >= 0.3 is 0 Å². The van der Waals surface area contributed by atoms with E-state index in [9.17, 15) is 0 Å². The number of piperidine rings is 1. The van der Waals surface area contributed by atoms with Crippen LogP contribution in [0.25, 0.3) is 11.3 Å². The molecule has 1 aromatic heterocycles. The Bertz CT molecular complexity index is 702.